The van der Waals surface area contributed by atoms with Gasteiger partial charge in [0.15, 0.2) is 0 Å². The predicted molar refractivity (Wildman–Crippen MR) is 163 cm³/mol. The molecule has 3 N–H and O–H groups in total. The largest absolute Gasteiger partial charge is 0.389 e. The van der Waals surface area contributed by atoms with Gasteiger partial charge in [0, 0.05) is 67.6 Å². The number of amides is 1. The number of nitro groups is 1. The number of anilines is 1. The van der Waals surface area contributed by atoms with Crippen LogP contribution in [0.4, 0.5) is 11.4 Å². The Labute approximate surface area is 251 Å². The molecule has 11 heteroatoms. The highest BCUT2D eigenvalue weighted by Crippen LogP contribution is 2.36. The molecule has 0 bridgehead atoms. The predicted octanol–water partition coefficient (Wildman–Crippen LogP) is 3.05. The fraction of sp³-hybridized carbons (Fsp3) is 0.531. The quantitative estimate of drug-likeness (QED) is 0.269. The molecule has 0 radical (unpaired) electrons. The summed E-state index contributed by atoms with van der Waals surface area (Å²) in [7, 11) is 0. The topological polar surface area (TPSA) is 135 Å². The fourth-order valence-corrected chi connectivity index (χ4v) is 6.87. The van der Waals surface area contributed by atoms with E-state index in [0.717, 1.165) is 57.8 Å². The molecule has 1 amide bonds. The van der Waals surface area contributed by atoms with E-state index in [1.54, 1.807) is 17.0 Å². The molecule has 1 unspecified atom stereocenters. The Morgan fingerprint density at radius 3 is 2.53 bits per heavy atom. The van der Waals surface area contributed by atoms with Crippen LogP contribution in [0, 0.1) is 10.1 Å². The van der Waals surface area contributed by atoms with Gasteiger partial charge in [-0.05, 0) is 74.0 Å². The number of piperidine rings is 2. The van der Waals surface area contributed by atoms with Crippen molar-refractivity contribution in [1.29, 1.82) is 0 Å². The summed E-state index contributed by atoms with van der Waals surface area (Å²) in [6.45, 7) is 6.13. The number of β-amino-alcohol motifs (C(OH)–C–C–N with tert-alkyl or cyclic N) is 1. The maximum absolute atomic E-state index is 12.8. The van der Waals surface area contributed by atoms with E-state index in [1.807, 2.05) is 0 Å². The maximum Gasteiger partial charge on any atom is 0.269 e. The van der Waals surface area contributed by atoms with E-state index in [9.17, 15) is 25.1 Å². The van der Waals surface area contributed by atoms with Crippen molar-refractivity contribution in [2.45, 2.75) is 49.7 Å². The van der Waals surface area contributed by atoms with Crippen molar-refractivity contribution in [3.05, 3.63) is 69.9 Å². The Bertz CT molecular complexity index is 1440. The standard InChI is InChI=1S/C32H41N5O6/c38-30(32(40)8-12-36(13-9-32)31(39)19-23-2-1-3-26(18-23)37(41)42)22-34-10-6-24(7-11-34)28-21-33-29-5-4-25(20-27(28)29)35-14-16-43-17-15-35/h1-5,18,20-21,24,30,33,38,40H,6-17,19,22H2. The first-order chi connectivity index (χ1) is 20.8. The number of aliphatic hydroxyl groups excluding tert-OH is 1. The summed E-state index contributed by atoms with van der Waals surface area (Å²) in [6, 6.07) is 12.8. The minimum absolute atomic E-state index is 0.0372. The third kappa shape index (κ3) is 6.54. The first-order valence-electron chi connectivity index (χ1n) is 15.4. The number of fused-ring (bicyclic) bond motifs is 1. The van der Waals surface area contributed by atoms with Crippen LogP contribution in [0.3, 0.4) is 0 Å². The molecule has 2 aromatic carbocycles. The van der Waals surface area contributed by atoms with Crippen LogP contribution in [0.1, 0.15) is 42.7 Å². The molecular weight excluding hydrogens is 550 g/mol. The second-order valence-corrected chi connectivity index (χ2v) is 12.3. The number of aliphatic hydroxyl groups is 2. The molecule has 43 heavy (non-hydrogen) atoms. The lowest BCUT2D eigenvalue weighted by Crippen LogP contribution is -2.56. The number of non-ortho nitro benzene ring substituents is 1. The van der Waals surface area contributed by atoms with Crippen LogP contribution in [-0.4, -0.2) is 107 Å². The van der Waals surface area contributed by atoms with E-state index >= 15 is 0 Å². The number of carbonyl (C=O) groups excluding carboxylic acids is 1. The number of carbonyl (C=O) groups is 1. The van der Waals surface area contributed by atoms with Gasteiger partial charge in [-0.2, -0.15) is 0 Å². The first kappa shape index (κ1) is 29.6. The summed E-state index contributed by atoms with van der Waals surface area (Å²) < 4.78 is 5.52. The van der Waals surface area contributed by atoms with Crippen molar-refractivity contribution in [2.75, 3.05) is 63.9 Å². The average Bonchev–Trinajstić information content (AvgIpc) is 3.45. The lowest BCUT2D eigenvalue weighted by Gasteiger charge is -2.43. The van der Waals surface area contributed by atoms with Crippen LogP contribution >= 0.6 is 0 Å². The number of ether oxygens (including phenoxy) is 1. The Balaban J connectivity index is 0.996. The Morgan fingerprint density at radius 2 is 1.81 bits per heavy atom. The number of morpholine rings is 1. The third-order valence-electron chi connectivity index (χ3n) is 9.61. The van der Waals surface area contributed by atoms with E-state index in [0.29, 0.717) is 44.0 Å². The number of nitrogens with zero attached hydrogens (tertiary/aromatic N) is 4. The highest BCUT2D eigenvalue weighted by Gasteiger charge is 2.41. The lowest BCUT2D eigenvalue weighted by molar-refractivity contribution is -0.384. The molecule has 3 aliphatic rings. The van der Waals surface area contributed by atoms with Gasteiger partial charge in [-0.15, -0.1) is 0 Å². The molecular formula is C32H41N5O6. The van der Waals surface area contributed by atoms with Gasteiger partial charge in [0.25, 0.3) is 5.69 Å². The zero-order chi connectivity index (χ0) is 30.0. The number of benzene rings is 2. The van der Waals surface area contributed by atoms with Gasteiger partial charge >= 0.3 is 0 Å². The van der Waals surface area contributed by atoms with Gasteiger partial charge in [0.1, 0.15) is 0 Å². The van der Waals surface area contributed by atoms with Gasteiger partial charge < -0.3 is 34.6 Å². The molecule has 1 atom stereocenters. The highest BCUT2D eigenvalue weighted by atomic mass is 16.6. The van der Waals surface area contributed by atoms with Crippen molar-refractivity contribution in [1.82, 2.24) is 14.8 Å². The molecule has 0 aliphatic carbocycles. The zero-order valence-corrected chi connectivity index (χ0v) is 24.5. The highest BCUT2D eigenvalue weighted by molar-refractivity contribution is 5.87. The number of nitro benzene ring substituents is 1. The Hall–Kier alpha value is -3.51. The normalized spacial score (nSPS) is 20.8. The Kier molecular flexibility index (Phi) is 8.67. The molecule has 3 aliphatic heterocycles. The molecule has 3 fully saturated rings. The van der Waals surface area contributed by atoms with Crippen molar-refractivity contribution in [2.24, 2.45) is 0 Å². The fourth-order valence-electron chi connectivity index (χ4n) is 6.87. The minimum Gasteiger partial charge on any atom is -0.389 e. The van der Waals surface area contributed by atoms with E-state index in [2.05, 4.69) is 39.2 Å². The SMILES string of the molecule is O=C(Cc1cccc([N+](=O)[O-])c1)N1CCC(O)(C(O)CN2CCC(c3c[nH]c4ccc(N5CCOCC5)cc34)CC2)CC1. The van der Waals surface area contributed by atoms with Crippen molar-refractivity contribution in [3.8, 4) is 0 Å². The summed E-state index contributed by atoms with van der Waals surface area (Å²) >= 11 is 0. The molecule has 0 spiro atoms. The number of likely N-dealkylation sites (tertiary alicyclic amines) is 2. The summed E-state index contributed by atoms with van der Waals surface area (Å²) in [5, 5.41) is 34.7. The van der Waals surface area contributed by atoms with Gasteiger partial charge in [0.05, 0.1) is 36.3 Å². The van der Waals surface area contributed by atoms with Crippen LogP contribution in [0.25, 0.3) is 10.9 Å². The number of rotatable bonds is 8. The van der Waals surface area contributed by atoms with Crippen LogP contribution < -0.4 is 4.90 Å². The molecule has 230 valence electrons. The second kappa shape index (κ2) is 12.6. The number of H-pyrrole nitrogens is 1. The van der Waals surface area contributed by atoms with E-state index in [-0.39, 0.29) is 18.0 Å². The van der Waals surface area contributed by atoms with Crippen molar-refractivity contribution >= 4 is 28.2 Å². The minimum atomic E-state index is -1.24. The monoisotopic (exact) mass is 591 g/mol. The van der Waals surface area contributed by atoms with Crippen molar-refractivity contribution in [3.63, 3.8) is 0 Å². The number of aromatic nitrogens is 1. The molecule has 3 saturated heterocycles. The number of nitrogens with one attached hydrogen (secondary N) is 1. The second-order valence-electron chi connectivity index (χ2n) is 12.3. The number of aromatic amines is 1. The zero-order valence-electron chi connectivity index (χ0n) is 24.5. The van der Waals surface area contributed by atoms with Crippen LogP contribution in [-0.2, 0) is 16.0 Å². The van der Waals surface area contributed by atoms with Gasteiger partial charge in [0.2, 0.25) is 5.91 Å². The van der Waals surface area contributed by atoms with Crippen LogP contribution in [0.5, 0.6) is 0 Å². The molecule has 6 rings (SSSR count). The molecule has 4 heterocycles. The molecule has 11 nitrogen and oxygen atoms in total. The molecule has 0 saturated carbocycles. The summed E-state index contributed by atoms with van der Waals surface area (Å²) in [6.07, 6.45) is 3.89. The first-order valence-corrected chi connectivity index (χ1v) is 15.4. The number of hydrogen-bond acceptors (Lipinski definition) is 8. The van der Waals surface area contributed by atoms with E-state index < -0.39 is 16.6 Å². The lowest BCUT2D eigenvalue weighted by atomic mass is 9.84. The maximum atomic E-state index is 12.8. The summed E-state index contributed by atoms with van der Waals surface area (Å²) in [4.78, 5) is 33.2. The van der Waals surface area contributed by atoms with Gasteiger partial charge in [-0.1, -0.05) is 12.1 Å². The molecule has 3 aromatic rings. The van der Waals surface area contributed by atoms with Gasteiger partial charge in [-0.25, -0.2) is 0 Å². The van der Waals surface area contributed by atoms with E-state index in [4.69, 9.17) is 4.74 Å². The number of hydrogen-bond donors (Lipinski definition) is 3. The van der Waals surface area contributed by atoms with Crippen LogP contribution in [0.15, 0.2) is 48.7 Å². The van der Waals surface area contributed by atoms with Crippen LogP contribution in [0.2, 0.25) is 0 Å². The van der Waals surface area contributed by atoms with E-state index in [1.165, 1.54) is 28.8 Å². The smallest absolute Gasteiger partial charge is 0.269 e. The average molecular weight is 592 g/mol. The summed E-state index contributed by atoms with van der Waals surface area (Å²) in [5.41, 5.74) is 3.06. The summed E-state index contributed by atoms with van der Waals surface area (Å²) in [5.74, 6) is 0.305. The van der Waals surface area contributed by atoms with Crippen molar-refractivity contribution < 1.29 is 24.7 Å². The third-order valence-corrected chi connectivity index (χ3v) is 9.61. The molecule has 1 aromatic heterocycles. The Morgan fingerprint density at radius 1 is 1.07 bits per heavy atom. The van der Waals surface area contributed by atoms with Gasteiger partial charge in [-0.3, -0.25) is 14.9 Å².